The first-order valence-corrected chi connectivity index (χ1v) is 8.12. The Balaban J connectivity index is 2.35. The molecule has 0 aliphatic heterocycles. The van der Waals surface area contributed by atoms with Gasteiger partial charge in [-0.2, -0.15) is 0 Å². The molecule has 21 heavy (non-hydrogen) atoms. The average Bonchev–Trinajstić information content (AvgIpc) is 2.72. The van der Waals surface area contributed by atoms with Crippen molar-refractivity contribution in [1.82, 2.24) is 0 Å². The number of carboxylic acids is 1. The topological polar surface area (TPSA) is 84.6 Å². The summed E-state index contributed by atoms with van der Waals surface area (Å²) >= 11 is 11.5. The fourth-order valence-corrected chi connectivity index (χ4v) is 3.39. The van der Waals surface area contributed by atoms with Crippen LogP contribution in [0.1, 0.15) is 21.9 Å². The number of rotatable bonds is 4. The van der Waals surface area contributed by atoms with Crippen molar-refractivity contribution < 1.29 is 22.7 Å². The van der Waals surface area contributed by atoms with E-state index in [1.165, 1.54) is 31.2 Å². The molecule has 5 nitrogen and oxygen atoms in total. The van der Waals surface area contributed by atoms with E-state index in [1.54, 1.807) is 0 Å². The number of carboxylic acid groups (broad SMARTS) is 1. The number of halogens is 2. The van der Waals surface area contributed by atoms with Gasteiger partial charge in [0.2, 0.25) is 5.76 Å². The maximum atomic E-state index is 12.2. The standard InChI is InChI=1S/C13H10Cl2O5S/c1-7-4-8(20-12(7)13(16)17)6-21(18,19)9-2-3-10(14)11(15)5-9/h2-5H,6H2,1H3,(H,16,17). The number of hydrogen-bond donors (Lipinski definition) is 1. The van der Waals surface area contributed by atoms with Crippen molar-refractivity contribution in [1.29, 1.82) is 0 Å². The molecule has 0 bridgehead atoms. The van der Waals surface area contributed by atoms with E-state index in [1.807, 2.05) is 0 Å². The Labute approximate surface area is 131 Å². The number of sulfone groups is 1. The Hall–Kier alpha value is -1.50. The zero-order chi connectivity index (χ0) is 15.8. The number of hydrogen-bond acceptors (Lipinski definition) is 4. The molecule has 0 fully saturated rings. The van der Waals surface area contributed by atoms with Crippen LogP contribution in [0.25, 0.3) is 0 Å². The summed E-state index contributed by atoms with van der Waals surface area (Å²) in [6.07, 6.45) is 0. The highest BCUT2D eigenvalue weighted by Crippen LogP contribution is 2.27. The van der Waals surface area contributed by atoms with Crippen LogP contribution in [-0.2, 0) is 15.6 Å². The lowest BCUT2D eigenvalue weighted by Gasteiger charge is -2.04. The number of furan rings is 1. The zero-order valence-corrected chi connectivity index (χ0v) is 13.1. The third-order valence-corrected chi connectivity index (χ3v) is 5.12. The van der Waals surface area contributed by atoms with Crippen LogP contribution in [0.15, 0.2) is 33.6 Å². The summed E-state index contributed by atoms with van der Waals surface area (Å²) in [6, 6.07) is 5.34. The van der Waals surface area contributed by atoms with Crippen molar-refractivity contribution in [2.75, 3.05) is 0 Å². The highest BCUT2D eigenvalue weighted by molar-refractivity contribution is 7.90. The molecule has 1 aromatic heterocycles. The third kappa shape index (κ3) is 3.40. The molecular weight excluding hydrogens is 339 g/mol. The minimum absolute atomic E-state index is 0.0113. The molecule has 1 aromatic carbocycles. The van der Waals surface area contributed by atoms with Gasteiger partial charge in [-0.05, 0) is 31.2 Å². The molecular formula is C13H10Cl2O5S. The fraction of sp³-hybridized carbons (Fsp3) is 0.154. The predicted octanol–water partition coefficient (Wildman–Crippen LogP) is 3.57. The van der Waals surface area contributed by atoms with Gasteiger partial charge in [0, 0.05) is 5.56 Å². The highest BCUT2D eigenvalue weighted by Gasteiger charge is 2.21. The number of aryl methyl sites for hydroxylation is 1. The molecule has 2 aromatic rings. The quantitative estimate of drug-likeness (QED) is 0.912. The summed E-state index contributed by atoms with van der Waals surface area (Å²) in [7, 11) is -3.71. The fourth-order valence-electron chi connectivity index (χ4n) is 1.77. The van der Waals surface area contributed by atoms with Gasteiger partial charge < -0.3 is 9.52 Å². The van der Waals surface area contributed by atoms with Crippen LogP contribution in [0.5, 0.6) is 0 Å². The van der Waals surface area contributed by atoms with E-state index in [0.29, 0.717) is 5.56 Å². The lowest BCUT2D eigenvalue weighted by molar-refractivity contribution is 0.0659. The second-order valence-electron chi connectivity index (χ2n) is 4.37. The highest BCUT2D eigenvalue weighted by atomic mass is 35.5. The van der Waals surface area contributed by atoms with Crippen LogP contribution in [0.3, 0.4) is 0 Å². The van der Waals surface area contributed by atoms with Crippen LogP contribution in [0.4, 0.5) is 0 Å². The molecule has 1 N–H and O–H groups in total. The van der Waals surface area contributed by atoms with Crippen molar-refractivity contribution in [3.63, 3.8) is 0 Å². The summed E-state index contributed by atoms with van der Waals surface area (Å²) in [6.45, 7) is 1.53. The van der Waals surface area contributed by atoms with Crippen molar-refractivity contribution in [2.24, 2.45) is 0 Å². The maximum Gasteiger partial charge on any atom is 0.372 e. The molecule has 0 atom stereocenters. The first-order valence-electron chi connectivity index (χ1n) is 5.71. The van der Waals surface area contributed by atoms with E-state index < -0.39 is 21.6 Å². The van der Waals surface area contributed by atoms with Crippen molar-refractivity contribution >= 4 is 39.0 Å². The van der Waals surface area contributed by atoms with Crippen LogP contribution in [0, 0.1) is 6.92 Å². The molecule has 0 saturated heterocycles. The normalized spacial score (nSPS) is 11.6. The first-order chi connectivity index (χ1) is 9.70. The van der Waals surface area contributed by atoms with Crippen LogP contribution in [0.2, 0.25) is 10.0 Å². The van der Waals surface area contributed by atoms with Crippen LogP contribution >= 0.6 is 23.2 Å². The molecule has 0 saturated carbocycles. The smallest absolute Gasteiger partial charge is 0.372 e. The molecule has 0 spiro atoms. The Morgan fingerprint density at radius 3 is 2.43 bits per heavy atom. The number of carbonyl (C=O) groups is 1. The first kappa shape index (κ1) is 15.9. The van der Waals surface area contributed by atoms with E-state index >= 15 is 0 Å². The zero-order valence-electron chi connectivity index (χ0n) is 10.8. The summed E-state index contributed by atoms with van der Waals surface area (Å²) in [5.74, 6) is -1.92. The Bertz CT molecular complexity index is 808. The van der Waals surface area contributed by atoms with Gasteiger partial charge in [-0.1, -0.05) is 23.2 Å². The minimum atomic E-state index is -3.71. The van der Waals surface area contributed by atoms with Gasteiger partial charge in [-0.3, -0.25) is 0 Å². The van der Waals surface area contributed by atoms with Gasteiger partial charge in [-0.25, -0.2) is 13.2 Å². The summed E-state index contributed by atoms with van der Waals surface area (Å²) in [5.41, 5.74) is 0.363. The molecule has 0 unspecified atom stereocenters. The average molecular weight is 349 g/mol. The lowest BCUT2D eigenvalue weighted by atomic mass is 10.3. The summed E-state index contributed by atoms with van der Waals surface area (Å²) < 4.78 is 29.5. The Kier molecular flexibility index (Phi) is 4.32. The maximum absolute atomic E-state index is 12.2. The van der Waals surface area contributed by atoms with Crippen LogP contribution in [-0.4, -0.2) is 19.5 Å². The van der Waals surface area contributed by atoms with Gasteiger partial charge in [0.25, 0.3) is 0 Å². The largest absolute Gasteiger partial charge is 0.475 e. The minimum Gasteiger partial charge on any atom is -0.475 e. The molecule has 0 radical (unpaired) electrons. The second kappa shape index (κ2) is 5.71. The Morgan fingerprint density at radius 2 is 1.90 bits per heavy atom. The van der Waals surface area contributed by atoms with E-state index in [0.717, 1.165) is 0 Å². The third-order valence-electron chi connectivity index (χ3n) is 2.75. The van der Waals surface area contributed by atoms with Gasteiger partial charge >= 0.3 is 5.97 Å². The Morgan fingerprint density at radius 1 is 1.24 bits per heavy atom. The predicted molar refractivity (Wildman–Crippen MR) is 77.8 cm³/mol. The van der Waals surface area contributed by atoms with Gasteiger partial charge in [0.15, 0.2) is 9.84 Å². The molecule has 8 heteroatoms. The van der Waals surface area contributed by atoms with Crippen LogP contribution < -0.4 is 0 Å². The van der Waals surface area contributed by atoms with Gasteiger partial charge in [-0.15, -0.1) is 0 Å². The van der Waals surface area contributed by atoms with E-state index in [2.05, 4.69) is 0 Å². The molecule has 112 valence electrons. The number of benzene rings is 1. The molecule has 1 heterocycles. The molecule has 0 aliphatic rings. The lowest BCUT2D eigenvalue weighted by Crippen LogP contribution is -2.04. The second-order valence-corrected chi connectivity index (χ2v) is 7.17. The summed E-state index contributed by atoms with van der Waals surface area (Å²) in [5, 5.41) is 9.26. The SMILES string of the molecule is Cc1cc(CS(=O)(=O)c2ccc(Cl)c(Cl)c2)oc1C(=O)O. The van der Waals surface area contributed by atoms with Gasteiger partial charge in [0.05, 0.1) is 14.9 Å². The van der Waals surface area contributed by atoms with Crippen molar-refractivity contribution in [2.45, 2.75) is 17.6 Å². The summed E-state index contributed by atoms with van der Waals surface area (Å²) in [4.78, 5) is 10.9. The molecule has 0 aliphatic carbocycles. The van der Waals surface area contributed by atoms with Crippen molar-refractivity contribution in [3.05, 3.63) is 51.4 Å². The number of aromatic carboxylic acids is 1. The monoisotopic (exact) mass is 348 g/mol. The van der Waals surface area contributed by atoms with E-state index in [-0.39, 0.29) is 26.5 Å². The van der Waals surface area contributed by atoms with E-state index in [4.69, 9.17) is 32.7 Å². The molecule has 0 amide bonds. The van der Waals surface area contributed by atoms with Crippen molar-refractivity contribution in [3.8, 4) is 0 Å². The van der Waals surface area contributed by atoms with Gasteiger partial charge in [0.1, 0.15) is 11.5 Å². The molecule has 2 rings (SSSR count). The van der Waals surface area contributed by atoms with E-state index in [9.17, 15) is 13.2 Å².